The molecule has 7 aromatic rings. The van der Waals surface area contributed by atoms with Gasteiger partial charge in [0.1, 0.15) is 5.58 Å². The van der Waals surface area contributed by atoms with E-state index in [4.69, 9.17) is 4.42 Å². The Kier molecular flexibility index (Phi) is 8.61. The smallest absolute Gasteiger partial charge is 0.123 e. The zero-order valence-electron chi connectivity index (χ0n) is 22.0. The molecule has 0 aliphatic carbocycles. The van der Waals surface area contributed by atoms with E-state index in [2.05, 4.69) is 65.4 Å². The maximum atomic E-state index is 5.87. The molecule has 0 aliphatic heterocycles. The van der Waals surface area contributed by atoms with Crippen LogP contribution in [0.15, 0.2) is 132 Å². The minimum Gasteiger partial charge on any atom is -0.476 e. The van der Waals surface area contributed by atoms with E-state index in [1.165, 1.54) is 16.7 Å². The minimum atomic E-state index is 0. The SMILES string of the molecule is CCc1cc(-c2[c-]cccc2)ncc1-c1ccccc1.[Ir].[c-]1cc2c(cc1-c1ccccn1)oc1ccccc12. The standard InChI is InChI=1S/C19H16N.C17H10NO.Ir/c1-2-15-13-19(17-11-7-4-8-12-17)20-14-18(15)16-9-5-3-6-10-16;1-2-7-16-13(5-1)14-9-8-12(11-17(14)19-16)15-6-3-4-10-18-15;/h3-11,13-14H,2H2,1H3;1-7,9-11H;/q2*-1;. The fourth-order valence-corrected chi connectivity index (χ4v) is 4.70. The van der Waals surface area contributed by atoms with Crippen LogP contribution in [-0.4, -0.2) is 9.97 Å². The van der Waals surface area contributed by atoms with Crippen molar-refractivity contribution in [1.29, 1.82) is 0 Å². The fraction of sp³-hybridized carbons (Fsp3) is 0.0556. The Morgan fingerprint density at radius 3 is 2.25 bits per heavy atom. The van der Waals surface area contributed by atoms with Crippen LogP contribution < -0.4 is 0 Å². The second-order valence-corrected chi connectivity index (χ2v) is 9.16. The van der Waals surface area contributed by atoms with Gasteiger partial charge in [0.15, 0.2) is 0 Å². The molecule has 0 N–H and O–H groups in total. The Morgan fingerprint density at radius 2 is 1.48 bits per heavy atom. The van der Waals surface area contributed by atoms with E-state index in [1.807, 2.05) is 85.1 Å². The molecule has 3 heterocycles. The summed E-state index contributed by atoms with van der Waals surface area (Å²) in [5, 5.41) is 2.22. The Bertz CT molecular complexity index is 1830. The molecule has 0 bridgehead atoms. The van der Waals surface area contributed by atoms with Gasteiger partial charge in [-0.2, -0.15) is 0 Å². The molecular weight excluding hydrogens is 669 g/mol. The summed E-state index contributed by atoms with van der Waals surface area (Å²) >= 11 is 0. The second-order valence-electron chi connectivity index (χ2n) is 9.16. The zero-order chi connectivity index (χ0) is 26.4. The molecule has 0 saturated heterocycles. The number of fused-ring (bicyclic) bond motifs is 3. The summed E-state index contributed by atoms with van der Waals surface area (Å²) < 4.78 is 5.87. The molecule has 0 amide bonds. The maximum Gasteiger partial charge on any atom is 0.123 e. The predicted octanol–water partition coefficient (Wildman–Crippen LogP) is 9.22. The molecule has 7 rings (SSSR count). The first kappa shape index (κ1) is 27.2. The van der Waals surface area contributed by atoms with E-state index in [0.717, 1.165) is 50.9 Å². The number of furan rings is 1. The Morgan fingerprint density at radius 1 is 0.675 bits per heavy atom. The van der Waals surface area contributed by atoms with Gasteiger partial charge in [-0.05, 0) is 46.5 Å². The number of hydrogen-bond donors (Lipinski definition) is 0. The molecule has 3 aromatic heterocycles. The summed E-state index contributed by atoms with van der Waals surface area (Å²) in [6.45, 7) is 2.18. The number of aromatic nitrogens is 2. The van der Waals surface area contributed by atoms with Gasteiger partial charge in [0, 0.05) is 38.1 Å². The van der Waals surface area contributed by atoms with Gasteiger partial charge in [-0.3, -0.25) is 0 Å². The molecule has 40 heavy (non-hydrogen) atoms. The van der Waals surface area contributed by atoms with Crippen molar-refractivity contribution in [3.05, 3.63) is 145 Å². The molecule has 0 saturated carbocycles. The molecular formula is C36H26IrN2O-2. The van der Waals surface area contributed by atoms with Crippen molar-refractivity contribution in [3.8, 4) is 33.6 Å². The monoisotopic (exact) mass is 695 g/mol. The molecule has 4 aromatic carbocycles. The molecule has 0 aliphatic rings. The number of nitrogens with zero attached hydrogens (tertiary/aromatic N) is 2. The van der Waals surface area contributed by atoms with Crippen molar-refractivity contribution in [3.63, 3.8) is 0 Å². The van der Waals surface area contributed by atoms with E-state index in [1.54, 1.807) is 6.20 Å². The number of benzene rings is 4. The van der Waals surface area contributed by atoms with Crippen molar-refractivity contribution in [2.45, 2.75) is 13.3 Å². The fourth-order valence-electron chi connectivity index (χ4n) is 4.70. The van der Waals surface area contributed by atoms with Crippen LogP contribution in [0.2, 0.25) is 0 Å². The van der Waals surface area contributed by atoms with E-state index in [0.29, 0.717) is 0 Å². The van der Waals surface area contributed by atoms with Crippen molar-refractivity contribution in [2.75, 3.05) is 0 Å². The van der Waals surface area contributed by atoms with Gasteiger partial charge in [-0.15, -0.1) is 53.6 Å². The predicted molar refractivity (Wildman–Crippen MR) is 159 cm³/mol. The van der Waals surface area contributed by atoms with Crippen molar-refractivity contribution >= 4 is 21.9 Å². The molecule has 0 spiro atoms. The Labute approximate surface area is 247 Å². The van der Waals surface area contributed by atoms with Crippen molar-refractivity contribution in [2.24, 2.45) is 0 Å². The quantitative estimate of drug-likeness (QED) is 0.173. The van der Waals surface area contributed by atoms with E-state index >= 15 is 0 Å². The van der Waals surface area contributed by atoms with Crippen LogP contribution in [0, 0.1) is 12.1 Å². The molecule has 0 fully saturated rings. The van der Waals surface area contributed by atoms with Gasteiger partial charge in [-0.25, -0.2) is 0 Å². The Hall–Kier alpha value is -4.37. The first-order valence-corrected chi connectivity index (χ1v) is 13.1. The zero-order valence-corrected chi connectivity index (χ0v) is 24.4. The topological polar surface area (TPSA) is 38.9 Å². The van der Waals surface area contributed by atoms with Gasteiger partial charge < -0.3 is 14.4 Å². The average molecular weight is 695 g/mol. The first-order chi connectivity index (χ1) is 19.3. The van der Waals surface area contributed by atoms with Gasteiger partial charge >= 0.3 is 0 Å². The summed E-state index contributed by atoms with van der Waals surface area (Å²) in [7, 11) is 0. The average Bonchev–Trinajstić information content (AvgIpc) is 3.40. The van der Waals surface area contributed by atoms with Crippen LogP contribution >= 0.6 is 0 Å². The van der Waals surface area contributed by atoms with Crippen LogP contribution in [0.3, 0.4) is 0 Å². The Balaban J connectivity index is 0.000000157. The third-order valence-electron chi connectivity index (χ3n) is 6.69. The van der Waals surface area contributed by atoms with Gasteiger partial charge in [0.2, 0.25) is 0 Å². The molecule has 0 atom stereocenters. The molecule has 4 heteroatoms. The summed E-state index contributed by atoms with van der Waals surface area (Å²) in [5.74, 6) is 0. The largest absolute Gasteiger partial charge is 0.476 e. The second kappa shape index (κ2) is 12.7. The first-order valence-electron chi connectivity index (χ1n) is 13.1. The number of hydrogen-bond acceptors (Lipinski definition) is 3. The summed E-state index contributed by atoms with van der Waals surface area (Å²) in [6.07, 6.45) is 4.75. The number of pyridine rings is 2. The molecule has 1 radical (unpaired) electrons. The van der Waals surface area contributed by atoms with Crippen molar-refractivity contribution in [1.82, 2.24) is 9.97 Å². The van der Waals surface area contributed by atoms with E-state index < -0.39 is 0 Å². The number of aryl methyl sites for hydroxylation is 1. The third-order valence-corrected chi connectivity index (χ3v) is 6.69. The molecule has 197 valence electrons. The van der Waals surface area contributed by atoms with E-state index in [9.17, 15) is 0 Å². The third kappa shape index (κ3) is 5.79. The molecule has 3 nitrogen and oxygen atoms in total. The molecule has 0 unspecified atom stereocenters. The summed E-state index contributed by atoms with van der Waals surface area (Å²) in [5.41, 5.74) is 9.43. The van der Waals surface area contributed by atoms with Crippen LogP contribution in [0.25, 0.3) is 55.6 Å². The van der Waals surface area contributed by atoms with Crippen LogP contribution in [0.1, 0.15) is 12.5 Å². The van der Waals surface area contributed by atoms with Gasteiger partial charge in [0.25, 0.3) is 0 Å². The number of para-hydroxylation sites is 1. The number of rotatable bonds is 4. The van der Waals surface area contributed by atoms with E-state index in [-0.39, 0.29) is 20.1 Å². The summed E-state index contributed by atoms with van der Waals surface area (Å²) in [4.78, 5) is 8.94. The normalized spacial score (nSPS) is 10.5. The van der Waals surface area contributed by atoms with Gasteiger partial charge in [-0.1, -0.05) is 85.1 Å². The van der Waals surface area contributed by atoms with Crippen LogP contribution in [0.5, 0.6) is 0 Å². The maximum absolute atomic E-state index is 5.87. The van der Waals surface area contributed by atoms with Gasteiger partial charge in [0.05, 0.1) is 5.58 Å². The van der Waals surface area contributed by atoms with Crippen molar-refractivity contribution < 1.29 is 24.5 Å². The van der Waals surface area contributed by atoms with Crippen LogP contribution in [0.4, 0.5) is 0 Å². The summed E-state index contributed by atoms with van der Waals surface area (Å²) in [6, 6.07) is 44.9. The van der Waals surface area contributed by atoms with Crippen LogP contribution in [-0.2, 0) is 26.5 Å². The minimum absolute atomic E-state index is 0.